The summed E-state index contributed by atoms with van der Waals surface area (Å²) in [5.74, 6) is -0.510. The Bertz CT molecular complexity index is 916. The van der Waals surface area contributed by atoms with Crippen LogP contribution in [-0.4, -0.2) is 28.7 Å². The number of amides is 3. The van der Waals surface area contributed by atoms with Crippen molar-refractivity contribution in [2.24, 2.45) is 0 Å². The number of allylic oxidation sites excluding steroid dienone is 1. The molecule has 2 aliphatic heterocycles. The van der Waals surface area contributed by atoms with Crippen molar-refractivity contribution in [1.82, 2.24) is 10.2 Å². The molecule has 7 heteroatoms. The second kappa shape index (κ2) is 6.18. The van der Waals surface area contributed by atoms with Crippen molar-refractivity contribution in [3.63, 3.8) is 0 Å². The largest absolute Gasteiger partial charge is 0.485 e. The number of furan rings is 1. The molecule has 132 valence electrons. The van der Waals surface area contributed by atoms with Crippen molar-refractivity contribution in [2.75, 3.05) is 0 Å². The molecule has 1 N–H and O–H groups in total. The van der Waals surface area contributed by atoms with Gasteiger partial charge in [0.2, 0.25) is 5.91 Å². The molecule has 7 nitrogen and oxygen atoms in total. The topological polar surface area (TPSA) is 88.9 Å². The van der Waals surface area contributed by atoms with E-state index in [0.717, 1.165) is 4.90 Å². The second-order valence-corrected chi connectivity index (χ2v) is 6.17. The summed E-state index contributed by atoms with van der Waals surface area (Å²) in [7, 11) is 0. The number of ether oxygens (including phenoxy) is 1. The van der Waals surface area contributed by atoms with Gasteiger partial charge in [0.15, 0.2) is 0 Å². The number of carbonyl (C=O) groups is 3. The number of imide groups is 1. The van der Waals surface area contributed by atoms with Crippen LogP contribution < -0.4 is 10.1 Å². The Labute approximate surface area is 149 Å². The number of nitrogens with one attached hydrogen (secondary N) is 1. The first-order valence-electron chi connectivity index (χ1n) is 8.21. The molecule has 0 bridgehead atoms. The van der Waals surface area contributed by atoms with Gasteiger partial charge in [0, 0.05) is 5.70 Å². The second-order valence-electron chi connectivity index (χ2n) is 6.17. The smallest absolute Gasteiger partial charge is 0.266 e. The van der Waals surface area contributed by atoms with Gasteiger partial charge >= 0.3 is 0 Å². The Hall–Kier alpha value is -3.35. The van der Waals surface area contributed by atoms with Crippen LogP contribution in [0.1, 0.15) is 39.3 Å². The zero-order valence-electron chi connectivity index (χ0n) is 13.9. The highest BCUT2D eigenvalue weighted by Crippen LogP contribution is 2.34. The van der Waals surface area contributed by atoms with E-state index in [-0.39, 0.29) is 17.7 Å². The summed E-state index contributed by atoms with van der Waals surface area (Å²) in [4.78, 5) is 38.9. The van der Waals surface area contributed by atoms with Crippen LogP contribution in [0.3, 0.4) is 0 Å². The summed E-state index contributed by atoms with van der Waals surface area (Å²) < 4.78 is 10.9. The number of carbonyl (C=O) groups excluding carboxylic acids is 3. The quantitative estimate of drug-likeness (QED) is 0.853. The predicted molar refractivity (Wildman–Crippen MR) is 90.3 cm³/mol. The van der Waals surface area contributed by atoms with Gasteiger partial charge in [-0.05, 0) is 37.1 Å². The molecular formula is C19H16N2O5. The monoisotopic (exact) mass is 352 g/mol. The molecule has 1 saturated heterocycles. The molecule has 1 aromatic carbocycles. The average Bonchev–Trinajstić information content (AvgIpc) is 3.22. The van der Waals surface area contributed by atoms with Crippen molar-refractivity contribution in [3.05, 3.63) is 65.8 Å². The van der Waals surface area contributed by atoms with Crippen LogP contribution in [0.25, 0.3) is 0 Å². The maximum atomic E-state index is 12.9. The molecular weight excluding hydrogens is 336 g/mol. The Balaban J connectivity index is 1.63. The fourth-order valence-corrected chi connectivity index (χ4v) is 3.23. The van der Waals surface area contributed by atoms with Gasteiger partial charge in [-0.3, -0.25) is 19.3 Å². The lowest BCUT2D eigenvalue weighted by Crippen LogP contribution is -2.51. The molecule has 2 aromatic rings. The predicted octanol–water partition coefficient (Wildman–Crippen LogP) is 2.25. The number of hydrogen-bond acceptors (Lipinski definition) is 5. The average molecular weight is 352 g/mol. The molecule has 4 rings (SSSR count). The SMILES string of the molecule is C=C1CCC(N2C(=O)c3cccc(OCc4ccco4)c3C2=O)C(=O)N1. The lowest BCUT2D eigenvalue weighted by Gasteiger charge is -2.29. The van der Waals surface area contributed by atoms with Crippen LogP contribution in [0.15, 0.2) is 53.3 Å². The van der Waals surface area contributed by atoms with Crippen LogP contribution in [0.4, 0.5) is 0 Å². The van der Waals surface area contributed by atoms with Gasteiger partial charge in [0.25, 0.3) is 11.8 Å². The third-order valence-corrected chi connectivity index (χ3v) is 4.49. The van der Waals surface area contributed by atoms with Crippen molar-refractivity contribution >= 4 is 17.7 Å². The fraction of sp³-hybridized carbons (Fsp3) is 0.211. The first-order valence-corrected chi connectivity index (χ1v) is 8.21. The maximum absolute atomic E-state index is 12.9. The number of piperidine rings is 1. The molecule has 0 saturated carbocycles. The number of hydrogen-bond donors (Lipinski definition) is 1. The van der Waals surface area contributed by atoms with Gasteiger partial charge < -0.3 is 14.5 Å². The summed E-state index contributed by atoms with van der Waals surface area (Å²) in [5.41, 5.74) is 1.01. The van der Waals surface area contributed by atoms with Crippen LogP contribution in [0.5, 0.6) is 5.75 Å². The van der Waals surface area contributed by atoms with E-state index in [1.54, 1.807) is 30.3 Å². The van der Waals surface area contributed by atoms with Gasteiger partial charge in [-0.1, -0.05) is 12.6 Å². The highest BCUT2D eigenvalue weighted by molar-refractivity contribution is 6.24. The zero-order valence-corrected chi connectivity index (χ0v) is 13.9. The standard InChI is InChI=1S/C19H16N2O5/c1-11-7-8-14(17(22)20-11)21-18(23)13-5-2-6-15(16(13)19(21)24)26-10-12-4-3-9-25-12/h2-6,9,14H,1,7-8,10H2,(H,20,22). The van der Waals surface area contributed by atoms with E-state index in [1.165, 1.54) is 6.26 Å². The minimum Gasteiger partial charge on any atom is -0.485 e. The lowest BCUT2D eigenvalue weighted by molar-refractivity contribution is -0.125. The first kappa shape index (κ1) is 16.1. The normalized spacial score (nSPS) is 19.5. The number of fused-ring (bicyclic) bond motifs is 1. The fourth-order valence-electron chi connectivity index (χ4n) is 3.23. The molecule has 1 unspecified atom stereocenters. The maximum Gasteiger partial charge on any atom is 0.266 e. The molecule has 0 radical (unpaired) electrons. The molecule has 3 amide bonds. The van der Waals surface area contributed by atoms with E-state index in [4.69, 9.17) is 9.15 Å². The van der Waals surface area contributed by atoms with Crippen LogP contribution in [0.2, 0.25) is 0 Å². The lowest BCUT2D eigenvalue weighted by atomic mass is 10.0. The van der Waals surface area contributed by atoms with E-state index in [1.807, 2.05) is 0 Å². The molecule has 1 fully saturated rings. The van der Waals surface area contributed by atoms with Gasteiger partial charge in [-0.25, -0.2) is 0 Å². The third kappa shape index (κ3) is 2.57. The zero-order chi connectivity index (χ0) is 18.3. The van der Waals surface area contributed by atoms with E-state index in [0.29, 0.717) is 30.0 Å². The third-order valence-electron chi connectivity index (χ3n) is 4.49. The van der Waals surface area contributed by atoms with Gasteiger partial charge in [-0.2, -0.15) is 0 Å². The molecule has 2 aliphatic rings. The van der Waals surface area contributed by atoms with Crippen LogP contribution in [0, 0.1) is 0 Å². The van der Waals surface area contributed by atoms with Gasteiger partial charge in [-0.15, -0.1) is 0 Å². The Morgan fingerprint density at radius 2 is 2.04 bits per heavy atom. The summed E-state index contributed by atoms with van der Waals surface area (Å²) in [6, 6.07) is 7.48. The number of nitrogens with zero attached hydrogens (tertiary/aromatic N) is 1. The van der Waals surface area contributed by atoms with E-state index >= 15 is 0 Å². The highest BCUT2D eigenvalue weighted by Gasteiger charge is 2.45. The van der Waals surface area contributed by atoms with E-state index in [2.05, 4.69) is 11.9 Å². The first-order chi connectivity index (χ1) is 12.6. The van der Waals surface area contributed by atoms with Crippen molar-refractivity contribution in [3.8, 4) is 5.75 Å². The minimum absolute atomic E-state index is 0.134. The van der Waals surface area contributed by atoms with Crippen molar-refractivity contribution < 1.29 is 23.5 Å². The number of benzene rings is 1. The molecule has 0 spiro atoms. The van der Waals surface area contributed by atoms with E-state index < -0.39 is 23.8 Å². The molecule has 0 aliphatic carbocycles. The summed E-state index contributed by atoms with van der Waals surface area (Å²) in [6.07, 6.45) is 2.41. The molecule has 1 aromatic heterocycles. The van der Waals surface area contributed by atoms with Crippen LogP contribution in [-0.2, 0) is 11.4 Å². The highest BCUT2D eigenvalue weighted by atomic mass is 16.5. The van der Waals surface area contributed by atoms with Gasteiger partial charge in [0.05, 0.1) is 17.4 Å². The molecule has 3 heterocycles. The molecule has 1 atom stereocenters. The van der Waals surface area contributed by atoms with Gasteiger partial charge in [0.1, 0.15) is 24.2 Å². The van der Waals surface area contributed by atoms with Crippen molar-refractivity contribution in [2.45, 2.75) is 25.5 Å². The Morgan fingerprint density at radius 1 is 1.19 bits per heavy atom. The minimum atomic E-state index is -0.842. The summed E-state index contributed by atoms with van der Waals surface area (Å²) >= 11 is 0. The molecule has 26 heavy (non-hydrogen) atoms. The Kier molecular flexibility index (Phi) is 3.84. The van der Waals surface area contributed by atoms with Crippen LogP contribution >= 0.6 is 0 Å². The Morgan fingerprint density at radius 3 is 2.77 bits per heavy atom. The summed E-state index contributed by atoms with van der Waals surface area (Å²) in [6.45, 7) is 3.85. The van der Waals surface area contributed by atoms with Crippen molar-refractivity contribution in [1.29, 1.82) is 0 Å². The van der Waals surface area contributed by atoms with E-state index in [9.17, 15) is 14.4 Å². The summed E-state index contributed by atoms with van der Waals surface area (Å²) in [5, 5.41) is 2.61. The number of rotatable bonds is 4.